The van der Waals surface area contributed by atoms with E-state index in [1.165, 1.54) is 0 Å². The average molecular weight is 204 g/mol. The fraction of sp³-hybridized carbons (Fsp3) is 0.182. The molecule has 1 amide bonds. The van der Waals surface area contributed by atoms with Crippen molar-refractivity contribution >= 4 is 6.09 Å². The average Bonchev–Trinajstić information content (AvgIpc) is 2.61. The van der Waals surface area contributed by atoms with Gasteiger partial charge in [0.2, 0.25) is 0 Å². The number of benzene rings is 1. The minimum atomic E-state index is -0.621. The van der Waals surface area contributed by atoms with Crippen molar-refractivity contribution in [1.29, 1.82) is 0 Å². The molecule has 0 radical (unpaired) electrons. The Labute approximate surface area is 87.4 Å². The zero-order valence-corrected chi connectivity index (χ0v) is 8.05. The molecule has 0 N–H and O–H groups in total. The molecular formula is C11H10NO3-. The predicted octanol–water partition coefficient (Wildman–Crippen LogP) is 1.01. The second-order valence-electron chi connectivity index (χ2n) is 3.27. The molecule has 1 aromatic carbocycles. The molecule has 1 aliphatic heterocycles. The first-order valence-electron chi connectivity index (χ1n) is 4.57. The number of cyclic esters (lactones) is 1. The van der Waals surface area contributed by atoms with Crippen molar-refractivity contribution in [3.05, 3.63) is 48.4 Å². The Morgan fingerprint density at radius 1 is 1.47 bits per heavy atom. The molecule has 0 saturated carbocycles. The number of carbonyl (C=O) groups is 1. The normalized spacial score (nSPS) is 20.1. The molecule has 2 rings (SSSR count). The van der Waals surface area contributed by atoms with Crippen molar-refractivity contribution < 1.29 is 14.6 Å². The number of hydrogen-bond acceptors (Lipinski definition) is 3. The van der Waals surface area contributed by atoms with E-state index in [0.717, 1.165) is 10.5 Å². The van der Waals surface area contributed by atoms with Crippen LogP contribution in [0.5, 0.6) is 0 Å². The third kappa shape index (κ3) is 1.66. The third-order valence-electron chi connectivity index (χ3n) is 2.33. The zero-order valence-electron chi connectivity index (χ0n) is 8.05. The summed E-state index contributed by atoms with van der Waals surface area (Å²) < 4.78 is 4.82. The molecule has 1 saturated heterocycles. The summed E-state index contributed by atoms with van der Waals surface area (Å²) in [6.07, 6.45) is -0.621. The molecule has 0 unspecified atom stereocenters. The number of ether oxygens (including phenoxy) is 1. The molecule has 4 nitrogen and oxygen atoms in total. The molecule has 4 heteroatoms. The van der Waals surface area contributed by atoms with Crippen molar-refractivity contribution in [3.8, 4) is 0 Å². The Balaban J connectivity index is 2.30. The molecule has 15 heavy (non-hydrogen) atoms. The van der Waals surface area contributed by atoms with E-state index in [2.05, 4.69) is 6.58 Å². The Hall–Kier alpha value is -1.97. The number of hydrogen-bond donors (Lipinski definition) is 0. The van der Waals surface area contributed by atoms with Gasteiger partial charge in [-0.2, -0.15) is 0 Å². The highest BCUT2D eigenvalue weighted by Crippen LogP contribution is 2.28. The van der Waals surface area contributed by atoms with Crippen LogP contribution < -0.4 is 5.11 Å². The van der Waals surface area contributed by atoms with E-state index in [0.29, 0.717) is 0 Å². The van der Waals surface area contributed by atoms with Crippen molar-refractivity contribution in [2.45, 2.75) is 6.04 Å². The molecule has 0 aliphatic carbocycles. The molecule has 1 atom stereocenters. The summed E-state index contributed by atoms with van der Waals surface area (Å²) in [5, 5.41) is 11.2. The van der Waals surface area contributed by atoms with Crippen LogP contribution in [0.2, 0.25) is 0 Å². The lowest BCUT2D eigenvalue weighted by Gasteiger charge is -2.26. The smallest absolute Gasteiger partial charge is 0.414 e. The largest absolute Gasteiger partial charge is 0.860 e. The van der Waals surface area contributed by atoms with Gasteiger partial charge in [0.15, 0.2) is 0 Å². The van der Waals surface area contributed by atoms with Crippen molar-refractivity contribution in [3.63, 3.8) is 0 Å². The van der Waals surface area contributed by atoms with Crippen LogP contribution in [0.25, 0.3) is 0 Å². The zero-order chi connectivity index (χ0) is 10.8. The number of nitrogens with zero attached hydrogens (tertiary/aromatic N) is 1. The Morgan fingerprint density at radius 3 is 2.73 bits per heavy atom. The highest BCUT2D eigenvalue weighted by molar-refractivity contribution is 5.72. The summed E-state index contributed by atoms with van der Waals surface area (Å²) in [5.41, 5.74) is 0.875. The summed E-state index contributed by atoms with van der Waals surface area (Å²) in [7, 11) is 0. The van der Waals surface area contributed by atoms with E-state index in [1.54, 1.807) is 0 Å². The maximum atomic E-state index is 11.2. The topological polar surface area (TPSA) is 52.6 Å². The van der Waals surface area contributed by atoms with Crippen LogP contribution >= 0.6 is 0 Å². The monoisotopic (exact) mass is 204 g/mol. The van der Waals surface area contributed by atoms with Gasteiger partial charge in [-0.1, -0.05) is 36.9 Å². The standard InChI is InChI=1S/C11H11NO3/c1-8(13)12-10(7-15-11(12)14)9-5-3-2-4-6-9/h2-6,10,13H,1,7H2/p-1/t10-/m1/s1. The first-order valence-corrected chi connectivity index (χ1v) is 4.57. The first-order chi connectivity index (χ1) is 7.20. The van der Waals surface area contributed by atoms with Crippen molar-refractivity contribution in [2.75, 3.05) is 6.61 Å². The van der Waals surface area contributed by atoms with E-state index in [4.69, 9.17) is 4.74 Å². The van der Waals surface area contributed by atoms with Crippen LogP contribution in [0.4, 0.5) is 4.79 Å². The molecule has 78 valence electrons. The van der Waals surface area contributed by atoms with Gasteiger partial charge in [-0.3, -0.25) is 4.90 Å². The molecule has 1 fully saturated rings. The van der Waals surface area contributed by atoms with Gasteiger partial charge in [0, 0.05) is 0 Å². The highest BCUT2D eigenvalue weighted by Gasteiger charge is 2.32. The van der Waals surface area contributed by atoms with E-state index in [-0.39, 0.29) is 12.6 Å². The van der Waals surface area contributed by atoms with Crippen LogP contribution in [-0.4, -0.2) is 17.6 Å². The van der Waals surface area contributed by atoms with Crippen LogP contribution in [0.15, 0.2) is 42.8 Å². The number of carbonyl (C=O) groups excluding carboxylic acids is 1. The molecular weight excluding hydrogens is 194 g/mol. The van der Waals surface area contributed by atoms with Crippen molar-refractivity contribution in [2.24, 2.45) is 0 Å². The summed E-state index contributed by atoms with van der Waals surface area (Å²) in [6, 6.07) is 8.93. The van der Waals surface area contributed by atoms with E-state index >= 15 is 0 Å². The van der Waals surface area contributed by atoms with Crippen LogP contribution in [-0.2, 0) is 4.74 Å². The Morgan fingerprint density at radius 2 is 2.13 bits per heavy atom. The fourth-order valence-electron chi connectivity index (χ4n) is 1.62. The predicted molar refractivity (Wildman–Crippen MR) is 51.5 cm³/mol. The lowest BCUT2D eigenvalue weighted by atomic mass is 10.1. The molecule has 1 aliphatic rings. The highest BCUT2D eigenvalue weighted by atomic mass is 16.6. The van der Waals surface area contributed by atoms with Crippen LogP contribution in [0.3, 0.4) is 0 Å². The van der Waals surface area contributed by atoms with Gasteiger partial charge in [0.25, 0.3) is 0 Å². The molecule has 1 aromatic rings. The summed E-state index contributed by atoms with van der Waals surface area (Å²) in [5.74, 6) is -0.536. The van der Waals surface area contributed by atoms with E-state index < -0.39 is 12.0 Å². The van der Waals surface area contributed by atoms with Crippen LogP contribution in [0.1, 0.15) is 11.6 Å². The summed E-state index contributed by atoms with van der Waals surface area (Å²) >= 11 is 0. The third-order valence-corrected chi connectivity index (χ3v) is 2.33. The Bertz CT molecular complexity index is 388. The van der Waals surface area contributed by atoms with Crippen molar-refractivity contribution in [1.82, 2.24) is 4.90 Å². The Kier molecular flexibility index (Phi) is 2.33. The first kappa shape index (κ1) is 9.58. The van der Waals surface area contributed by atoms with Gasteiger partial charge >= 0.3 is 6.09 Å². The number of rotatable bonds is 2. The maximum Gasteiger partial charge on any atom is 0.414 e. The van der Waals surface area contributed by atoms with Gasteiger partial charge in [-0.25, -0.2) is 4.79 Å². The summed E-state index contributed by atoms with van der Waals surface area (Å²) in [6.45, 7) is 3.43. The van der Waals surface area contributed by atoms with E-state index in [1.807, 2.05) is 30.3 Å². The second kappa shape index (κ2) is 3.65. The molecule has 0 bridgehead atoms. The fourth-order valence-corrected chi connectivity index (χ4v) is 1.62. The van der Waals surface area contributed by atoms with Gasteiger partial charge in [-0.15, -0.1) is 0 Å². The lowest BCUT2D eigenvalue weighted by molar-refractivity contribution is -0.328. The van der Waals surface area contributed by atoms with E-state index in [9.17, 15) is 9.90 Å². The molecule has 1 heterocycles. The lowest BCUT2D eigenvalue weighted by Crippen LogP contribution is -2.32. The summed E-state index contributed by atoms with van der Waals surface area (Å²) in [4.78, 5) is 12.3. The minimum absolute atomic E-state index is 0.199. The van der Waals surface area contributed by atoms with Crippen LogP contribution in [0, 0.1) is 0 Å². The van der Waals surface area contributed by atoms with Gasteiger partial charge in [-0.05, 0) is 11.4 Å². The molecule has 0 aromatic heterocycles. The minimum Gasteiger partial charge on any atom is -0.860 e. The quantitative estimate of drug-likeness (QED) is 0.675. The van der Waals surface area contributed by atoms with Gasteiger partial charge in [0.1, 0.15) is 6.61 Å². The maximum absolute atomic E-state index is 11.2. The van der Waals surface area contributed by atoms with Gasteiger partial charge in [0.05, 0.1) is 6.04 Å². The SMILES string of the molecule is C=C([O-])N1C(=O)OC[C@@H]1c1ccccc1. The van der Waals surface area contributed by atoms with Gasteiger partial charge < -0.3 is 9.84 Å². The second-order valence-corrected chi connectivity index (χ2v) is 3.27. The number of amides is 1. The molecule has 0 spiro atoms.